The minimum absolute atomic E-state index is 0.324. The van der Waals surface area contributed by atoms with Gasteiger partial charge in [0.05, 0.1) is 6.33 Å². The molecule has 0 radical (unpaired) electrons. The zero-order valence-corrected chi connectivity index (χ0v) is 18.9. The molecule has 1 aliphatic carbocycles. The molecule has 1 N–H and O–H groups in total. The van der Waals surface area contributed by atoms with Gasteiger partial charge in [-0.25, -0.2) is 19.9 Å². The molecule has 2 aliphatic heterocycles. The summed E-state index contributed by atoms with van der Waals surface area (Å²) in [5.74, 6) is 5.29. The Kier molecular flexibility index (Phi) is 5.21. The van der Waals surface area contributed by atoms with Crippen LogP contribution >= 0.6 is 0 Å². The van der Waals surface area contributed by atoms with Gasteiger partial charge < -0.3 is 19.5 Å². The number of pyridine rings is 1. The van der Waals surface area contributed by atoms with Crippen LogP contribution in [0.1, 0.15) is 51.5 Å². The molecular weight excluding hydrogens is 439 g/mol. The van der Waals surface area contributed by atoms with Gasteiger partial charge in [0.1, 0.15) is 30.3 Å². The van der Waals surface area contributed by atoms with Crippen molar-refractivity contribution >= 4 is 17.0 Å². The first-order chi connectivity index (χ1) is 16.5. The quantitative estimate of drug-likeness (QED) is 0.466. The van der Waals surface area contributed by atoms with Gasteiger partial charge in [0.25, 0.3) is 0 Å². The average molecular weight is 465 g/mol. The molecule has 34 heavy (non-hydrogen) atoms. The molecule has 2 saturated heterocycles. The Morgan fingerprint density at radius 1 is 1.12 bits per heavy atom. The third-order valence-electron chi connectivity index (χ3n) is 6.42. The number of ether oxygens (including phenoxy) is 3. The molecule has 10 heteroatoms. The molecule has 6 rings (SSSR count). The van der Waals surface area contributed by atoms with Crippen LogP contribution in [-0.4, -0.2) is 54.6 Å². The van der Waals surface area contributed by atoms with Gasteiger partial charge in [0, 0.05) is 6.04 Å². The van der Waals surface area contributed by atoms with Gasteiger partial charge in [0.15, 0.2) is 29.0 Å². The summed E-state index contributed by atoms with van der Waals surface area (Å²) in [7, 11) is 0. The highest BCUT2D eigenvalue weighted by Crippen LogP contribution is 2.43. The fraction of sp³-hybridized carbons (Fsp3) is 0.500. The molecule has 3 aromatic heterocycles. The van der Waals surface area contributed by atoms with Crippen molar-refractivity contribution in [3.63, 3.8) is 0 Å². The lowest BCUT2D eigenvalue weighted by atomic mass is 10.1. The highest BCUT2D eigenvalue weighted by molar-refractivity contribution is 5.82. The van der Waals surface area contributed by atoms with Crippen molar-refractivity contribution in [3.05, 3.63) is 42.5 Å². The highest BCUT2D eigenvalue weighted by atomic mass is 19.1. The van der Waals surface area contributed by atoms with Gasteiger partial charge in [-0.05, 0) is 44.7 Å². The molecule has 0 bridgehead atoms. The number of imidazole rings is 1. The van der Waals surface area contributed by atoms with Crippen molar-refractivity contribution in [3.8, 4) is 11.8 Å². The first-order valence-corrected chi connectivity index (χ1v) is 11.6. The molecule has 5 heterocycles. The van der Waals surface area contributed by atoms with Crippen molar-refractivity contribution in [2.45, 2.75) is 75.9 Å². The van der Waals surface area contributed by atoms with Gasteiger partial charge in [-0.3, -0.25) is 4.57 Å². The van der Waals surface area contributed by atoms with Gasteiger partial charge in [-0.2, -0.15) is 4.39 Å². The van der Waals surface area contributed by atoms with E-state index >= 15 is 0 Å². The van der Waals surface area contributed by atoms with Crippen molar-refractivity contribution in [1.82, 2.24) is 24.5 Å². The Hall–Kier alpha value is -3.13. The second-order valence-electron chi connectivity index (χ2n) is 9.30. The maximum absolute atomic E-state index is 13.5. The van der Waals surface area contributed by atoms with Crippen LogP contribution in [0.4, 0.5) is 10.2 Å². The summed E-state index contributed by atoms with van der Waals surface area (Å²) in [5.41, 5.74) is 1.66. The van der Waals surface area contributed by atoms with Crippen LogP contribution in [0.25, 0.3) is 11.2 Å². The second kappa shape index (κ2) is 8.27. The van der Waals surface area contributed by atoms with E-state index in [1.807, 2.05) is 18.4 Å². The number of aromatic nitrogens is 5. The van der Waals surface area contributed by atoms with E-state index in [0.29, 0.717) is 22.9 Å². The summed E-state index contributed by atoms with van der Waals surface area (Å²) >= 11 is 0. The lowest BCUT2D eigenvalue weighted by Gasteiger charge is -2.23. The number of hydrogen-bond acceptors (Lipinski definition) is 8. The first kappa shape index (κ1) is 21.4. The number of fused-ring (bicyclic) bond motifs is 2. The van der Waals surface area contributed by atoms with Gasteiger partial charge in [-0.15, -0.1) is 0 Å². The van der Waals surface area contributed by atoms with E-state index in [1.54, 1.807) is 18.5 Å². The van der Waals surface area contributed by atoms with Crippen LogP contribution in [0.2, 0.25) is 0 Å². The number of hydrogen-bond donors (Lipinski definition) is 1. The summed E-state index contributed by atoms with van der Waals surface area (Å²) in [6, 6.07) is 4.90. The summed E-state index contributed by atoms with van der Waals surface area (Å²) in [6.07, 6.45) is 5.92. The monoisotopic (exact) mass is 464 g/mol. The minimum atomic E-state index is -0.797. The van der Waals surface area contributed by atoms with Crippen LogP contribution in [0.15, 0.2) is 30.9 Å². The van der Waals surface area contributed by atoms with E-state index in [2.05, 4.69) is 37.1 Å². The molecule has 1 saturated carbocycles. The predicted octanol–water partition coefficient (Wildman–Crippen LogP) is 3.18. The normalized spacial score (nSPS) is 28.1. The highest BCUT2D eigenvalue weighted by Gasteiger charge is 2.56. The van der Waals surface area contributed by atoms with Gasteiger partial charge >= 0.3 is 0 Å². The lowest BCUT2D eigenvalue weighted by Crippen LogP contribution is -2.28. The number of rotatable bonds is 3. The van der Waals surface area contributed by atoms with Crippen LogP contribution in [-0.2, 0) is 14.2 Å². The smallest absolute Gasteiger partial charge is 0.214 e. The topological polar surface area (TPSA) is 96.2 Å². The fourth-order valence-electron chi connectivity index (χ4n) is 4.95. The molecule has 0 amide bonds. The average Bonchev–Trinajstić information content (AvgIpc) is 3.57. The number of halogens is 1. The van der Waals surface area contributed by atoms with E-state index in [1.165, 1.54) is 25.2 Å². The Labute approximate surface area is 196 Å². The Morgan fingerprint density at radius 3 is 2.76 bits per heavy atom. The SMILES string of the molecule is CC1(C)OC2C(C#Cc3cccc(F)n3)OC(n3cnc4c(NC5CCCC5)ncnc43)C2O1. The third kappa shape index (κ3) is 3.90. The molecule has 0 spiro atoms. The van der Waals surface area contributed by atoms with Crippen molar-refractivity contribution < 1.29 is 18.6 Å². The zero-order chi connectivity index (χ0) is 23.3. The number of anilines is 1. The molecule has 4 unspecified atom stereocenters. The Bertz CT molecular complexity index is 1280. The maximum atomic E-state index is 13.5. The second-order valence-corrected chi connectivity index (χ2v) is 9.30. The molecular formula is C24H25FN6O3. The zero-order valence-electron chi connectivity index (χ0n) is 18.9. The van der Waals surface area contributed by atoms with E-state index < -0.39 is 36.3 Å². The molecule has 3 aliphatic rings. The molecule has 3 fully saturated rings. The number of nitrogens with zero attached hydrogens (tertiary/aromatic N) is 5. The Balaban J connectivity index is 1.32. The van der Waals surface area contributed by atoms with Crippen molar-refractivity contribution in [2.75, 3.05) is 5.32 Å². The van der Waals surface area contributed by atoms with Crippen LogP contribution in [0.5, 0.6) is 0 Å². The summed E-state index contributed by atoms with van der Waals surface area (Å²) in [6.45, 7) is 3.72. The molecule has 3 aromatic rings. The van der Waals surface area contributed by atoms with Crippen molar-refractivity contribution in [1.29, 1.82) is 0 Å². The summed E-state index contributed by atoms with van der Waals surface area (Å²) in [5, 5.41) is 3.52. The van der Waals surface area contributed by atoms with E-state index in [9.17, 15) is 4.39 Å². The fourth-order valence-corrected chi connectivity index (χ4v) is 4.95. The lowest BCUT2D eigenvalue weighted by molar-refractivity contribution is -0.190. The third-order valence-corrected chi connectivity index (χ3v) is 6.42. The minimum Gasteiger partial charge on any atom is -0.365 e. The first-order valence-electron chi connectivity index (χ1n) is 11.6. The van der Waals surface area contributed by atoms with Gasteiger partial charge in [-0.1, -0.05) is 24.8 Å². The van der Waals surface area contributed by atoms with Crippen LogP contribution in [0, 0.1) is 17.8 Å². The van der Waals surface area contributed by atoms with Crippen LogP contribution in [0.3, 0.4) is 0 Å². The predicted molar refractivity (Wildman–Crippen MR) is 120 cm³/mol. The Morgan fingerprint density at radius 2 is 1.94 bits per heavy atom. The standard InChI is InChI=1S/C24H25FN6O3/c1-24(2)33-19-16(11-10-15-8-5-9-17(25)29-15)32-23(20(19)34-24)31-13-28-18-21(26-12-27-22(18)31)30-14-6-3-4-7-14/h5,8-9,12-14,16,19-20,23H,3-4,6-7H2,1-2H3,(H,26,27,30). The summed E-state index contributed by atoms with van der Waals surface area (Å²) < 4.78 is 33.9. The maximum Gasteiger partial charge on any atom is 0.214 e. The molecule has 9 nitrogen and oxygen atoms in total. The van der Waals surface area contributed by atoms with E-state index in [-0.39, 0.29) is 0 Å². The summed E-state index contributed by atoms with van der Waals surface area (Å²) in [4.78, 5) is 17.3. The molecule has 4 atom stereocenters. The molecule has 176 valence electrons. The van der Waals surface area contributed by atoms with Crippen LogP contribution < -0.4 is 5.32 Å². The van der Waals surface area contributed by atoms with Gasteiger partial charge in [0.2, 0.25) is 5.95 Å². The molecule has 0 aromatic carbocycles. The van der Waals surface area contributed by atoms with E-state index in [0.717, 1.165) is 18.7 Å². The van der Waals surface area contributed by atoms with Crippen molar-refractivity contribution in [2.24, 2.45) is 0 Å². The van der Waals surface area contributed by atoms with E-state index in [4.69, 9.17) is 14.2 Å². The number of nitrogens with one attached hydrogen (secondary N) is 1. The largest absolute Gasteiger partial charge is 0.365 e.